The number of aliphatic imine (C=N–C) groups is 1. The largest absolute Gasteiger partial charge is 0.480 e. The number of aliphatic carboxylic acids is 1. The number of benzene rings is 1. The molecule has 2 aromatic rings. The molecule has 170 valence electrons. The highest BCUT2D eigenvalue weighted by Crippen LogP contribution is 2.30. The Kier molecular flexibility index (Phi) is 7.99. The lowest BCUT2D eigenvalue weighted by Crippen LogP contribution is -2.46. The second kappa shape index (κ2) is 10.5. The summed E-state index contributed by atoms with van der Waals surface area (Å²) in [5.41, 5.74) is 0.507. The van der Waals surface area contributed by atoms with Gasteiger partial charge in [0.05, 0.1) is 10.7 Å². The fourth-order valence-electron chi connectivity index (χ4n) is 3.29. The van der Waals surface area contributed by atoms with E-state index in [9.17, 15) is 13.2 Å². The summed E-state index contributed by atoms with van der Waals surface area (Å²) in [6.07, 6.45) is 3.93. The maximum Gasteiger partial charge on any atom is 0.325 e. The van der Waals surface area contributed by atoms with Gasteiger partial charge in [-0.3, -0.25) is 9.79 Å². The van der Waals surface area contributed by atoms with Crippen LogP contribution >= 0.6 is 27.5 Å². The molecule has 1 aliphatic rings. The van der Waals surface area contributed by atoms with Crippen LogP contribution in [0.15, 0.2) is 50.9 Å². The SMILES string of the molecule is N=CC1C(=NCC(=O)O)CCCC1NS(=O)(=O)c1cnc(Oc2ccc(Cl)cc2)c(Br)c1. The van der Waals surface area contributed by atoms with E-state index in [0.717, 1.165) is 6.21 Å². The Morgan fingerprint density at radius 1 is 1.41 bits per heavy atom. The van der Waals surface area contributed by atoms with Crippen molar-refractivity contribution in [3.8, 4) is 11.6 Å². The zero-order valence-electron chi connectivity index (χ0n) is 16.7. The molecule has 12 heteroatoms. The van der Waals surface area contributed by atoms with E-state index < -0.39 is 34.5 Å². The van der Waals surface area contributed by atoms with Gasteiger partial charge in [-0.1, -0.05) is 11.6 Å². The molecule has 1 aliphatic carbocycles. The molecule has 1 aromatic heterocycles. The average molecular weight is 544 g/mol. The zero-order chi connectivity index (χ0) is 23.3. The first kappa shape index (κ1) is 24.3. The molecule has 1 fully saturated rings. The lowest BCUT2D eigenvalue weighted by Gasteiger charge is -2.30. The Morgan fingerprint density at radius 2 is 2.12 bits per heavy atom. The Morgan fingerprint density at radius 3 is 2.75 bits per heavy atom. The summed E-state index contributed by atoms with van der Waals surface area (Å²) in [6.45, 7) is -0.412. The average Bonchev–Trinajstić information content (AvgIpc) is 2.75. The van der Waals surface area contributed by atoms with Crippen LogP contribution in [0.25, 0.3) is 0 Å². The molecule has 32 heavy (non-hydrogen) atoms. The van der Waals surface area contributed by atoms with Crippen LogP contribution in [0.1, 0.15) is 19.3 Å². The van der Waals surface area contributed by atoms with Crippen molar-refractivity contribution in [3.63, 3.8) is 0 Å². The lowest BCUT2D eigenvalue weighted by molar-refractivity contribution is -0.135. The van der Waals surface area contributed by atoms with Crippen LogP contribution in [0.5, 0.6) is 11.6 Å². The third-order valence-electron chi connectivity index (χ3n) is 4.79. The second-order valence-electron chi connectivity index (χ2n) is 7.03. The van der Waals surface area contributed by atoms with E-state index in [1.165, 1.54) is 12.3 Å². The summed E-state index contributed by atoms with van der Waals surface area (Å²) in [6, 6.07) is 7.40. The number of carboxylic acid groups (broad SMARTS) is 1. The zero-order valence-corrected chi connectivity index (χ0v) is 19.8. The standard InChI is InChI=1S/C20H20BrClN4O5S/c21-16-8-14(10-25-20(16)31-13-6-4-12(22)5-7-13)32(29,30)26-18-3-1-2-17(15(18)9-23)24-11-19(27)28/h4-10,15,18,23,26H,1-3,11H2,(H,27,28). The van der Waals surface area contributed by atoms with Gasteiger partial charge in [0, 0.05) is 28.9 Å². The van der Waals surface area contributed by atoms with E-state index in [1.54, 1.807) is 24.3 Å². The number of halogens is 2. The molecule has 0 bridgehead atoms. The van der Waals surface area contributed by atoms with E-state index >= 15 is 0 Å². The van der Waals surface area contributed by atoms with Crippen LogP contribution in [-0.4, -0.2) is 49.0 Å². The first-order valence-electron chi connectivity index (χ1n) is 9.56. The van der Waals surface area contributed by atoms with Gasteiger partial charge in [-0.25, -0.2) is 18.1 Å². The Hall–Kier alpha value is -2.34. The van der Waals surface area contributed by atoms with Crippen LogP contribution in [0.4, 0.5) is 0 Å². The van der Waals surface area contributed by atoms with E-state index in [4.69, 9.17) is 26.9 Å². The number of pyridine rings is 1. The molecule has 0 saturated heterocycles. The predicted molar refractivity (Wildman–Crippen MR) is 124 cm³/mol. The number of carbonyl (C=O) groups is 1. The quantitative estimate of drug-likeness (QED) is 0.431. The van der Waals surface area contributed by atoms with Crippen LogP contribution in [-0.2, 0) is 14.8 Å². The summed E-state index contributed by atoms with van der Waals surface area (Å²) in [5.74, 6) is -1.02. The highest BCUT2D eigenvalue weighted by molar-refractivity contribution is 9.10. The number of hydrogen-bond donors (Lipinski definition) is 3. The van der Waals surface area contributed by atoms with Crippen LogP contribution in [0, 0.1) is 11.3 Å². The first-order valence-corrected chi connectivity index (χ1v) is 12.2. The molecule has 2 atom stereocenters. The molecular weight excluding hydrogens is 524 g/mol. The second-order valence-corrected chi connectivity index (χ2v) is 10.0. The van der Waals surface area contributed by atoms with Gasteiger partial charge in [0.2, 0.25) is 15.9 Å². The molecule has 1 aromatic carbocycles. The summed E-state index contributed by atoms with van der Waals surface area (Å²) in [5, 5.41) is 17.1. The van der Waals surface area contributed by atoms with Crippen molar-refractivity contribution in [1.29, 1.82) is 5.41 Å². The number of ether oxygens (including phenoxy) is 1. The third-order valence-corrected chi connectivity index (χ3v) is 7.07. The normalized spacial score (nSPS) is 20.1. The summed E-state index contributed by atoms with van der Waals surface area (Å²) < 4.78 is 34.5. The lowest BCUT2D eigenvalue weighted by atomic mass is 9.84. The van der Waals surface area contributed by atoms with Crippen LogP contribution in [0.2, 0.25) is 5.02 Å². The minimum Gasteiger partial charge on any atom is -0.480 e. The van der Waals surface area contributed by atoms with Crippen molar-refractivity contribution >= 4 is 55.4 Å². The molecule has 1 saturated carbocycles. The molecule has 0 spiro atoms. The minimum absolute atomic E-state index is 0.0776. The van der Waals surface area contributed by atoms with Crippen LogP contribution in [0.3, 0.4) is 0 Å². The van der Waals surface area contributed by atoms with Gasteiger partial charge < -0.3 is 15.3 Å². The van der Waals surface area contributed by atoms with Gasteiger partial charge in [-0.15, -0.1) is 0 Å². The predicted octanol–water partition coefficient (Wildman–Crippen LogP) is 3.91. The number of nitrogens with zero attached hydrogens (tertiary/aromatic N) is 2. The number of nitrogens with one attached hydrogen (secondary N) is 2. The van der Waals surface area contributed by atoms with Crippen molar-refractivity contribution in [2.75, 3.05) is 6.54 Å². The molecule has 1 heterocycles. The van der Waals surface area contributed by atoms with Gasteiger partial charge in [0.15, 0.2) is 0 Å². The summed E-state index contributed by atoms with van der Waals surface area (Å²) in [7, 11) is -3.97. The fraction of sp³-hybridized carbons (Fsp3) is 0.300. The van der Waals surface area contributed by atoms with Crippen molar-refractivity contribution in [2.24, 2.45) is 10.9 Å². The van der Waals surface area contributed by atoms with Gasteiger partial charge >= 0.3 is 5.97 Å². The van der Waals surface area contributed by atoms with E-state index in [2.05, 4.69) is 30.6 Å². The topological polar surface area (TPSA) is 142 Å². The van der Waals surface area contributed by atoms with Crippen molar-refractivity contribution in [2.45, 2.75) is 30.2 Å². The monoisotopic (exact) mass is 542 g/mol. The number of sulfonamides is 1. The fourth-order valence-corrected chi connectivity index (χ4v) is 5.26. The van der Waals surface area contributed by atoms with Gasteiger partial charge in [-0.05, 0) is 65.5 Å². The molecule has 9 nitrogen and oxygen atoms in total. The van der Waals surface area contributed by atoms with Gasteiger partial charge in [0.25, 0.3) is 0 Å². The van der Waals surface area contributed by atoms with Gasteiger partial charge in [0.1, 0.15) is 17.2 Å². The van der Waals surface area contributed by atoms with Crippen molar-refractivity contribution < 1.29 is 23.1 Å². The minimum atomic E-state index is -3.97. The summed E-state index contributed by atoms with van der Waals surface area (Å²) >= 11 is 9.15. The van der Waals surface area contributed by atoms with Crippen molar-refractivity contribution in [3.05, 3.63) is 46.0 Å². The Labute approximate surface area is 198 Å². The third kappa shape index (κ3) is 6.12. The molecule has 0 aliphatic heterocycles. The molecule has 2 unspecified atom stereocenters. The van der Waals surface area contributed by atoms with Gasteiger partial charge in [-0.2, -0.15) is 0 Å². The van der Waals surface area contributed by atoms with E-state index in [-0.39, 0.29) is 10.8 Å². The number of aromatic nitrogens is 1. The van der Waals surface area contributed by atoms with Crippen LogP contribution < -0.4 is 9.46 Å². The number of carboxylic acids is 1. The highest BCUT2D eigenvalue weighted by Gasteiger charge is 2.32. The molecule has 3 rings (SSSR count). The maximum atomic E-state index is 13.0. The number of hydrogen-bond acceptors (Lipinski definition) is 7. The number of rotatable bonds is 8. The smallest absolute Gasteiger partial charge is 0.325 e. The molecule has 3 N–H and O–H groups in total. The molecular formula is C20H20BrClN4O5S. The Balaban J connectivity index is 1.77. The Bertz CT molecular complexity index is 1140. The van der Waals surface area contributed by atoms with E-state index in [1.807, 2.05) is 0 Å². The maximum absolute atomic E-state index is 13.0. The first-order chi connectivity index (χ1) is 15.2. The van der Waals surface area contributed by atoms with E-state index in [0.29, 0.717) is 40.2 Å². The van der Waals surface area contributed by atoms with Crippen molar-refractivity contribution in [1.82, 2.24) is 9.71 Å². The highest BCUT2D eigenvalue weighted by atomic mass is 79.9. The summed E-state index contributed by atoms with van der Waals surface area (Å²) in [4.78, 5) is 18.9. The molecule has 0 amide bonds. The molecule has 0 radical (unpaired) electrons.